The number of nitriles is 1. The van der Waals surface area contributed by atoms with Crippen molar-refractivity contribution < 1.29 is 24.2 Å². The van der Waals surface area contributed by atoms with Crippen LogP contribution in [0.5, 0.6) is 11.5 Å². The minimum Gasteiger partial charge on any atom is -0.507 e. The van der Waals surface area contributed by atoms with Gasteiger partial charge in [0.15, 0.2) is 0 Å². The minimum absolute atomic E-state index is 0.0140. The van der Waals surface area contributed by atoms with Crippen LogP contribution in [0.2, 0.25) is 0 Å². The van der Waals surface area contributed by atoms with Gasteiger partial charge in [0, 0.05) is 11.3 Å². The summed E-state index contributed by atoms with van der Waals surface area (Å²) in [6, 6.07) is 19.8. The molecule has 4 rings (SSSR count). The Labute approximate surface area is 209 Å². The van der Waals surface area contributed by atoms with Crippen LogP contribution in [0.15, 0.2) is 72.3 Å². The molecule has 0 aliphatic carbocycles. The number of rotatable bonds is 7. The zero-order valence-electron chi connectivity index (χ0n) is 20.3. The highest BCUT2D eigenvalue weighted by Crippen LogP contribution is 2.43. The molecule has 1 fully saturated rings. The first-order valence-electron chi connectivity index (χ1n) is 11.6. The van der Waals surface area contributed by atoms with Crippen LogP contribution in [-0.2, 0) is 9.59 Å². The number of nitrogens with zero attached hydrogens (tertiary/aromatic N) is 2. The van der Waals surface area contributed by atoms with Crippen LogP contribution in [-0.4, -0.2) is 30.5 Å². The number of aliphatic hydroxyl groups is 1. The molecule has 3 aromatic carbocycles. The number of benzene rings is 3. The fraction of sp³-hybridized carbons (Fsp3) is 0.207. The quantitative estimate of drug-likeness (QED) is 0.279. The van der Waals surface area contributed by atoms with E-state index in [0.717, 1.165) is 6.42 Å². The lowest BCUT2D eigenvalue weighted by Crippen LogP contribution is -2.29. The van der Waals surface area contributed by atoms with Crippen LogP contribution >= 0.6 is 0 Å². The molecule has 182 valence electrons. The van der Waals surface area contributed by atoms with Gasteiger partial charge in [0.2, 0.25) is 0 Å². The number of hydrogen-bond donors (Lipinski definition) is 1. The number of Topliss-reactive ketones (excluding diaryl/α,β-unsaturated/α-hetero) is 1. The molecule has 1 N–H and O–H groups in total. The van der Waals surface area contributed by atoms with Crippen LogP contribution in [0.1, 0.15) is 41.6 Å². The first-order chi connectivity index (χ1) is 17.4. The maximum atomic E-state index is 13.3. The highest BCUT2D eigenvalue weighted by atomic mass is 16.5. The largest absolute Gasteiger partial charge is 0.507 e. The summed E-state index contributed by atoms with van der Waals surface area (Å²) >= 11 is 0. The number of anilines is 1. The van der Waals surface area contributed by atoms with Crippen LogP contribution in [0.3, 0.4) is 0 Å². The molecule has 0 aromatic heterocycles. The topological polar surface area (TPSA) is 99.9 Å². The van der Waals surface area contributed by atoms with E-state index in [0.29, 0.717) is 46.0 Å². The van der Waals surface area contributed by atoms with Crippen molar-refractivity contribution in [3.05, 3.63) is 94.6 Å². The van der Waals surface area contributed by atoms with Gasteiger partial charge in [0.05, 0.1) is 37.0 Å². The van der Waals surface area contributed by atoms with Crippen molar-refractivity contribution >= 4 is 23.1 Å². The molecule has 0 saturated carbocycles. The summed E-state index contributed by atoms with van der Waals surface area (Å²) in [5.74, 6) is -0.531. The molecule has 1 aliphatic heterocycles. The number of carbonyl (C=O) groups is 2. The fourth-order valence-corrected chi connectivity index (χ4v) is 4.25. The number of ether oxygens (including phenoxy) is 2. The number of methoxy groups -OCH3 is 1. The van der Waals surface area contributed by atoms with Crippen LogP contribution in [0.25, 0.3) is 5.76 Å². The summed E-state index contributed by atoms with van der Waals surface area (Å²) in [4.78, 5) is 28.0. The molecule has 3 aromatic rings. The molecule has 0 radical (unpaired) electrons. The van der Waals surface area contributed by atoms with Gasteiger partial charge in [0.25, 0.3) is 11.7 Å². The molecule has 0 spiro atoms. The Morgan fingerprint density at radius 2 is 1.69 bits per heavy atom. The molecule has 36 heavy (non-hydrogen) atoms. The van der Waals surface area contributed by atoms with Crippen molar-refractivity contribution in [2.24, 2.45) is 0 Å². The second-order valence-electron chi connectivity index (χ2n) is 8.43. The van der Waals surface area contributed by atoms with Gasteiger partial charge in [-0.1, -0.05) is 19.1 Å². The monoisotopic (exact) mass is 482 g/mol. The van der Waals surface area contributed by atoms with Crippen LogP contribution < -0.4 is 14.4 Å². The smallest absolute Gasteiger partial charge is 0.300 e. The van der Waals surface area contributed by atoms with E-state index in [1.54, 1.807) is 80.8 Å². The Kier molecular flexibility index (Phi) is 7.07. The van der Waals surface area contributed by atoms with Gasteiger partial charge in [0.1, 0.15) is 17.3 Å². The Hall–Kier alpha value is -4.57. The summed E-state index contributed by atoms with van der Waals surface area (Å²) in [6.07, 6.45) is 0.863. The van der Waals surface area contributed by atoms with E-state index < -0.39 is 17.7 Å². The maximum absolute atomic E-state index is 13.3. The SMILES string of the molecule is CCCOc1ccc(C2/C(=C(/O)c3ccc(OC)cc3C)C(=O)C(=O)N2c2ccc(C#N)cc2)cc1. The number of aryl methyl sites for hydroxylation is 1. The summed E-state index contributed by atoms with van der Waals surface area (Å²) in [7, 11) is 1.55. The molecular weight excluding hydrogens is 456 g/mol. The van der Waals surface area contributed by atoms with Crippen molar-refractivity contribution in [3.63, 3.8) is 0 Å². The van der Waals surface area contributed by atoms with Gasteiger partial charge in [-0.3, -0.25) is 14.5 Å². The standard InChI is InChI=1S/C29H26N2O5/c1-4-15-36-22-11-7-20(8-12-22)26-25(27(32)24-14-13-23(35-3)16-18(24)2)28(33)29(34)31(26)21-9-5-19(17-30)6-10-21/h5-14,16,26,32H,4,15H2,1-3H3/b27-25-. The average molecular weight is 483 g/mol. The van der Waals surface area contributed by atoms with Crippen LogP contribution in [0.4, 0.5) is 5.69 Å². The van der Waals surface area contributed by atoms with Gasteiger partial charge >= 0.3 is 0 Å². The van der Waals surface area contributed by atoms with Crippen LogP contribution in [0, 0.1) is 18.3 Å². The zero-order chi connectivity index (χ0) is 25.8. The molecule has 7 nitrogen and oxygen atoms in total. The minimum atomic E-state index is -0.875. The van der Waals surface area contributed by atoms with Gasteiger partial charge in [-0.15, -0.1) is 0 Å². The summed E-state index contributed by atoms with van der Waals surface area (Å²) in [6.45, 7) is 4.38. The molecule has 1 aliphatic rings. The first-order valence-corrected chi connectivity index (χ1v) is 11.6. The van der Waals surface area contributed by atoms with Gasteiger partial charge in [-0.2, -0.15) is 5.26 Å². The second kappa shape index (κ2) is 10.4. The highest BCUT2D eigenvalue weighted by molar-refractivity contribution is 6.51. The highest BCUT2D eigenvalue weighted by Gasteiger charge is 2.47. The third-order valence-electron chi connectivity index (χ3n) is 6.08. The number of hydrogen-bond acceptors (Lipinski definition) is 6. The number of amides is 1. The third-order valence-corrected chi connectivity index (χ3v) is 6.08. The molecule has 1 atom stereocenters. The Bertz CT molecular complexity index is 1370. The Morgan fingerprint density at radius 3 is 2.28 bits per heavy atom. The molecule has 1 heterocycles. The summed E-state index contributed by atoms with van der Waals surface area (Å²) in [5.41, 5.74) is 2.62. The predicted octanol–water partition coefficient (Wildman–Crippen LogP) is 5.29. The zero-order valence-corrected chi connectivity index (χ0v) is 20.3. The first kappa shape index (κ1) is 24.6. The fourth-order valence-electron chi connectivity index (χ4n) is 4.25. The van der Waals surface area contributed by atoms with Crippen molar-refractivity contribution in [2.75, 3.05) is 18.6 Å². The molecule has 0 bridgehead atoms. The molecule has 1 unspecified atom stereocenters. The van der Waals surface area contributed by atoms with Crippen molar-refractivity contribution in [1.29, 1.82) is 5.26 Å². The lowest BCUT2D eigenvalue weighted by Gasteiger charge is -2.26. The van der Waals surface area contributed by atoms with Gasteiger partial charge in [-0.05, 0) is 79.1 Å². The van der Waals surface area contributed by atoms with Gasteiger partial charge in [-0.25, -0.2) is 0 Å². The normalized spacial score (nSPS) is 16.6. The molecule has 7 heteroatoms. The van der Waals surface area contributed by atoms with Crippen molar-refractivity contribution in [1.82, 2.24) is 0 Å². The molecule has 1 amide bonds. The Balaban J connectivity index is 1.88. The molecular formula is C29H26N2O5. The third kappa shape index (κ3) is 4.53. The van der Waals surface area contributed by atoms with E-state index >= 15 is 0 Å². The predicted molar refractivity (Wildman–Crippen MR) is 136 cm³/mol. The van der Waals surface area contributed by atoms with E-state index in [1.807, 2.05) is 6.92 Å². The van der Waals surface area contributed by atoms with E-state index in [-0.39, 0.29) is 11.3 Å². The van der Waals surface area contributed by atoms with Crippen molar-refractivity contribution in [2.45, 2.75) is 26.3 Å². The molecule has 1 saturated heterocycles. The summed E-state index contributed by atoms with van der Waals surface area (Å²) < 4.78 is 10.9. The lowest BCUT2D eigenvalue weighted by molar-refractivity contribution is -0.132. The number of carbonyl (C=O) groups excluding carboxylic acids is 2. The second-order valence-corrected chi connectivity index (χ2v) is 8.43. The van der Waals surface area contributed by atoms with E-state index in [1.165, 1.54) is 4.90 Å². The van der Waals surface area contributed by atoms with E-state index in [9.17, 15) is 14.7 Å². The van der Waals surface area contributed by atoms with E-state index in [4.69, 9.17) is 14.7 Å². The summed E-state index contributed by atoms with van der Waals surface area (Å²) in [5, 5.41) is 20.5. The lowest BCUT2D eigenvalue weighted by atomic mass is 9.93. The van der Waals surface area contributed by atoms with Crippen molar-refractivity contribution in [3.8, 4) is 17.6 Å². The average Bonchev–Trinajstić information content (AvgIpc) is 3.17. The number of ketones is 1. The van der Waals surface area contributed by atoms with E-state index in [2.05, 4.69) is 6.07 Å². The Morgan fingerprint density at radius 1 is 1.03 bits per heavy atom. The number of aliphatic hydroxyl groups excluding tert-OH is 1. The van der Waals surface area contributed by atoms with Gasteiger partial charge < -0.3 is 14.6 Å². The maximum Gasteiger partial charge on any atom is 0.300 e.